The third-order valence-corrected chi connectivity index (χ3v) is 3.98. The maximum Gasteiger partial charge on any atom is 0.163 e. The first-order chi connectivity index (χ1) is 9.99. The van der Waals surface area contributed by atoms with Crippen LogP contribution in [0.5, 0.6) is 11.5 Å². The van der Waals surface area contributed by atoms with Gasteiger partial charge in [0.2, 0.25) is 0 Å². The summed E-state index contributed by atoms with van der Waals surface area (Å²) in [6, 6.07) is 4.09. The van der Waals surface area contributed by atoms with Gasteiger partial charge >= 0.3 is 0 Å². The Morgan fingerprint density at radius 2 is 2.14 bits per heavy atom. The molecule has 1 atom stereocenters. The van der Waals surface area contributed by atoms with E-state index in [1.807, 2.05) is 26.0 Å². The topological polar surface area (TPSA) is 47.7 Å². The van der Waals surface area contributed by atoms with Gasteiger partial charge < -0.3 is 15.2 Å². The predicted octanol–water partition coefficient (Wildman–Crippen LogP) is 3.06. The van der Waals surface area contributed by atoms with Crippen LogP contribution in [0.4, 0.5) is 0 Å². The molecule has 0 saturated carbocycles. The van der Waals surface area contributed by atoms with Crippen LogP contribution in [0.1, 0.15) is 32.3 Å². The van der Waals surface area contributed by atoms with Gasteiger partial charge in [-0.15, -0.1) is 0 Å². The van der Waals surface area contributed by atoms with Gasteiger partial charge in [-0.3, -0.25) is 4.90 Å². The quantitative estimate of drug-likeness (QED) is 0.908. The number of nitrogens with two attached hydrogens (primary N) is 1. The van der Waals surface area contributed by atoms with Crippen molar-refractivity contribution in [1.82, 2.24) is 4.90 Å². The van der Waals surface area contributed by atoms with Crippen molar-refractivity contribution in [1.29, 1.82) is 0 Å². The average Bonchev–Trinajstić information content (AvgIpc) is 2.41. The van der Waals surface area contributed by atoms with Crippen molar-refractivity contribution in [2.24, 2.45) is 5.73 Å². The van der Waals surface area contributed by atoms with E-state index in [2.05, 4.69) is 4.90 Å². The molecule has 1 aliphatic heterocycles. The molecule has 0 unspecified atom stereocenters. The molecular weight excluding hydrogens is 288 g/mol. The Hall–Kier alpha value is -0.970. The number of benzene rings is 1. The lowest BCUT2D eigenvalue weighted by molar-refractivity contribution is 0.200. The van der Waals surface area contributed by atoms with Crippen molar-refractivity contribution in [2.75, 3.05) is 20.2 Å². The number of halogens is 1. The molecule has 1 aromatic rings. The molecule has 5 heteroatoms. The summed E-state index contributed by atoms with van der Waals surface area (Å²) in [5, 5.41) is 0.714. The number of ether oxygens (including phenoxy) is 2. The van der Waals surface area contributed by atoms with E-state index in [0.717, 1.165) is 43.8 Å². The third-order valence-electron chi connectivity index (χ3n) is 3.63. The Balaban J connectivity index is 2.15. The minimum Gasteiger partial charge on any atom is -0.493 e. The molecule has 2 N–H and O–H groups in total. The second-order valence-corrected chi connectivity index (χ2v) is 6.31. The zero-order valence-electron chi connectivity index (χ0n) is 13.1. The van der Waals surface area contributed by atoms with E-state index in [1.54, 1.807) is 7.11 Å². The summed E-state index contributed by atoms with van der Waals surface area (Å²) in [4.78, 5) is 2.35. The molecule has 1 fully saturated rings. The molecule has 0 spiro atoms. The standard InChI is InChI=1S/C16H25ClN2O2/c1-11(2)21-16-8-14(17)12(7-15(16)20-3)9-19-6-4-5-13(18)10-19/h7-8,11,13H,4-6,9-10,18H2,1-3H3/t13-/m1/s1. The van der Waals surface area contributed by atoms with Crippen molar-refractivity contribution in [3.05, 3.63) is 22.7 Å². The SMILES string of the molecule is COc1cc(CN2CCC[C@@H](N)C2)c(Cl)cc1OC(C)C. The van der Waals surface area contributed by atoms with Crippen LogP contribution < -0.4 is 15.2 Å². The maximum absolute atomic E-state index is 6.40. The van der Waals surface area contributed by atoms with Crippen molar-refractivity contribution in [3.63, 3.8) is 0 Å². The first-order valence-corrected chi connectivity index (χ1v) is 7.88. The number of methoxy groups -OCH3 is 1. The summed E-state index contributed by atoms with van der Waals surface area (Å²) in [6.07, 6.45) is 2.33. The lowest BCUT2D eigenvalue weighted by Crippen LogP contribution is -2.42. The minimum absolute atomic E-state index is 0.0842. The highest BCUT2D eigenvalue weighted by atomic mass is 35.5. The predicted molar refractivity (Wildman–Crippen MR) is 86.3 cm³/mol. The third kappa shape index (κ3) is 4.50. The molecule has 2 rings (SSSR count). The molecule has 0 aliphatic carbocycles. The largest absolute Gasteiger partial charge is 0.493 e. The van der Waals surface area contributed by atoms with Gasteiger partial charge in [-0.2, -0.15) is 0 Å². The van der Waals surface area contributed by atoms with E-state index in [0.29, 0.717) is 10.8 Å². The molecule has 1 aromatic carbocycles. The minimum atomic E-state index is 0.0842. The van der Waals surface area contributed by atoms with Gasteiger partial charge in [-0.05, 0) is 44.9 Å². The van der Waals surface area contributed by atoms with Gasteiger partial charge in [-0.25, -0.2) is 0 Å². The Labute approximate surface area is 132 Å². The summed E-state index contributed by atoms with van der Waals surface area (Å²) in [5.41, 5.74) is 7.09. The number of piperidine rings is 1. The molecule has 1 aliphatic rings. The van der Waals surface area contributed by atoms with Crippen LogP contribution in [0.15, 0.2) is 12.1 Å². The number of likely N-dealkylation sites (tertiary alicyclic amines) is 1. The van der Waals surface area contributed by atoms with E-state index in [-0.39, 0.29) is 12.1 Å². The maximum atomic E-state index is 6.40. The second kappa shape index (κ2) is 7.34. The number of rotatable bonds is 5. The van der Waals surface area contributed by atoms with E-state index in [1.165, 1.54) is 0 Å². The fourth-order valence-corrected chi connectivity index (χ4v) is 2.89. The lowest BCUT2D eigenvalue weighted by atomic mass is 10.1. The lowest BCUT2D eigenvalue weighted by Gasteiger charge is -2.31. The van der Waals surface area contributed by atoms with E-state index in [4.69, 9.17) is 26.8 Å². The number of hydrogen-bond donors (Lipinski definition) is 1. The molecule has 1 saturated heterocycles. The second-order valence-electron chi connectivity index (χ2n) is 5.90. The highest BCUT2D eigenvalue weighted by Gasteiger charge is 2.19. The summed E-state index contributed by atoms with van der Waals surface area (Å²) in [5.74, 6) is 1.42. The molecule has 1 heterocycles. The van der Waals surface area contributed by atoms with Gasteiger partial charge in [0.25, 0.3) is 0 Å². The van der Waals surface area contributed by atoms with Crippen LogP contribution in [0.2, 0.25) is 5.02 Å². The molecule has 118 valence electrons. The highest BCUT2D eigenvalue weighted by molar-refractivity contribution is 6.31. The van der Waals surface area contributed by atoms with E-state index in [9.17, 15) is 0 Å². The fourth-order valence-electron chi connectivity index (χ4n) is 2.68. The molecule has 4 nitrogen and oxygen atoms in total. The normalized spacial score (nSPS) is 19.8. The number of hydrogen-bond acceptors (Lipinski definition) is 4. The van der Waals surface area contributed by atoms with Crippen LogP contribution in [-0.2, 0) is 6.54 Å². The number of nitrogens with zero attached hydrogens (tertiary/aromatic N) is 1. The zero-order valence-corrected chi connectivity index (χ0v) is 13.8. The van der Waals surface area contributed by atoms with Crippen LogP contribution in [0.3, 0.4) is 0 Å². The van der Waals surface area contributed by atoms with Crippen molar-refractivity contribution in [3.8, 4) is 11.5 Å². The smallest absolute Gasteiger partial charge is 0.163 e. The summed E-state index contributed by atoms with van der Waals surface area (Å²) in [6.45, 7) is 6.75. The van der Waals surface area contributed by atoms with Gasteiger partial charge in [0.1, 0.15) is 0 Å². The van der Waals surface area contributed by atoms with Gasteiger partial charge in [0.05, 0.1) is 13.2 Å². The summed E-state index contributed by atoms with van der Waals surface area (Å²) < 4.78 is 11.2. The average molecular weight is 313 g/mol. The Bertz CT molecular complexity index is 480. The van der Waals surface area contributed by atoms with Crippen LogP contribution in [-0.4, -0.2) is 37.2 Å². The van der Waals surface area contributed by atoms with E-state index < -0.39 is 0 Å². The Morgan fingerprint density at radius 3 is 2.76 bits per heavy atom. The van der Waals surface area contributed by atoms with Crippen molar-refractivity contribution >= 4 is 11.6 Å². The first kappa shape index (κ1) is 16.4. The molecule has 0 amide bonds. The van der Waals surface area contributed by atoms with Crippen LogP contribution >= 0.6 is 11.6 Å². The molecular formula is C16H25ClN2O2. The van der Waals surface area contributed by atoms with E-state index >= 15 is 0 Å². The zero-order chi connectivity index (χ0) is 15.4. The van der Waals surface area contributed by atoms with Crippen molar-refractivity contribution in [2.45, 2.75) is 45.4 Å². The first-order valence-electron chi connectivity index (χ1n) is 7.50. The van der Waals surface area contributed by atoms with Gasteiger partial charge in [0, 0.05) is 30.2 Å². The fraction of sp³-hybridized carbons (Fsp3) is 0.625. The van der Waals surface area contributed by atoms with Crippen LogP contribution in [0.25, 0.3) is 0 Å². The molecule has 0 aromatic heterocycles. The highest BCUT2D eigenvalue weighted by Crippen LogP contribution is 2.34. The summed E-state index contributed by atoms with van der Waals surface area (Å²) >= 11 is 6.40. The molecule has 21 heavy (non-hydrogen) atoms. The molecule has 0 radical (unpaired) electrons. The van der Waals surface area contributed by atoms with Gasteiger partial charge in [0.15, 0.2) is 11.5 Å². The Kier molecular flexibility index (Phi) is 5.73. The van der Waals surface area contributed by atoms with Gasteiger partial charge in [-0.1, -0.05) is 11.6 Å². The molecule has 0 bridgehead atoms. The Morgan fingerprint density at radius 1 is 1.38 bits per heavy atom. The monoisotopic (exact) mass is 312 g/mol. The van der Waals surface area contributed by atoms with Crippen molar-refractivity contribution < 1.29 is 9.47 Å². The summed E-state index contributed by atoms with van der Waals surface area (Å²) in [7, 11) is 1.65. The van der Waals surface area contributed by atoms with Crippen LogP contribution in [0, 0.1) is 0 Å².